The first-order valence-corrected chi connectivity index (χ1v) is 13.8. The molecule has 1 aliphatic rings. The van der Waals surface area contributed by atoms with Gasteiger partial charge < -0.3 is 9.32 Å². The fourth-order valence-corrected chi connectivity index (χ4v) is 5.36. The number of urea groups is 1. The predicted molar refractivity (Wildman–Crippen MR) is 136 cm³/mol. The molecule has 0 unspecified atom stereocenters. The monoisotopic (exact) mass is 575 g/mol. The van der Waals surface area contributed by atoms with Gasteiger partial charge in [-0.05, 0) is 47.5 Å². The number of sulfone groups is 1. The highest BCUT2D eigenvalue weighted by Crippen LogP contribution is 2.31. The summed E-state index contributed by atoms with van der Waals surface area (Å²) >= 11 is 0. The van der Waals surface area contributed by atoms with Crippen molar-refractivity contribution in [2.75, 3.05) is 29.5 Å². The number of hydrogen-bond acceptors (Lipinski definition) is 7. The van der Waals surface area contributed by atoms with E-state index >= 15 is 4.39 Å². The molecule has 2 aromatic carbocycles. The topological polar surface area (TPSA) is 110 Å². The molecule has 9 nitrogen and oxygen atoms in total. The minimum Gasteiger partial charge on any atom is -0.413 e. The third-order valence-corrected chi connectivity index (χ3v) is 7.94. The molecule has 1 aliphatic heterocycles. The fraction of sp³-hybridized carbons (Fsp3) is 0.231. The Morgan fingerprint density at radius 2 is 1.55 bits per heavy atom. The van der Waals surface area contributed by atoms with Gasteiger partial charge in [-0.15, -0.1) is 10.2 Å². The maximum atomic E-state index is 15.2. The number of alkyl halides is 3. The number of benzene rings is 2. The number of carbonyl (C=O) groups is 1. The second kappa shape index (κ2) is 10.7. The minimum atomic E-state index is -4.84. The van der Waals surface area contributed by atoms with Gasteiger partial charge in [-0.25, -0.2) is 17.6 Å². The highest BCUT2D eigenvalue weighted by atomic mass is 32.2. The van der Waals surface area contributed by atoms with Gasteiger partial charge in [-0.3, -0.25) is 9.88 Å². The van der Waals surface area contributed by atoms with Crippen LogP contribution in [0.15, 0.2) is 71.4 Å². The van der Waals surface area contributed by atoms with Crippen LogP contribution >= 0.6 is 0 Å². The average Bonchev–Trinajstić information content (AvgIpc) is 3.44. The number of aromatic nitrogens is 3. The Morgan fingerprint density at radius 1 is 0.925 bits per heavy atom. The van der Waals surface area contributed by atoms with Crippen LogP contribution in [0.3, 0.4) is 0 Å². The number of pyridine rings is 1. The van der Waals surface area contributed by atoms with E-state index in [2.05, 4.69) is 19.6 Å². The molecule has 1 fully saturated rings. The van der Waals surface area contributed by atoms with Gasteiger partial charge in [-0.2, -0.15) is 13.2 Å². The Balaban J connectivity index is 1.43. The van der Waals surface area contributed by atoms with Gasteiger partial charge in [0.2, 0.25) is 5.89 Å². The molecule has 5 rings (SSSR count). The Hall–Kier alpha value is -4.33. The smallest absolute Gasteiger partial charge is 0.413 e. The van der Waals surface area contributed by atoms with Crippen LogP contribution in [0.5, 0.6) is 0 Å². The van der Waals surface area contributed by atoms with Gasteiger partial charge >= 0.3 is 18.1 Å². The summed E-state index contributed by atoms with van der Waals surface area (Å²) in [7, 11) is -3.25. The average molecular weight is 576 g/mol. The van der Waals surface area contributed by atoms with E-state index < -0.39 is 39.6 Å². The summed E-state index contributed by atoms with van der Waals surface area (Å²) in [5.41, 5.74) is 2.19. The second-order valence-electron chi connectivity index (χ2n) is 9.01. The van der Waals surface area contributed by atoms with Crippen molar-refractivity contribution >= 4 is 21.6 Å². The van der Waals surface area contributed by atoms with Crippen LogP contribution < -0.4 is 4.90 Å². The van der Waals surface area contributed by atoms with Gasteiger partial charge in [0, 0.05) is 42.3 Å². The zero-order valence-electron chi connectivity index (χ0n) is 20.7. The normalized spacial score (nSPS) is 15.2. The van der Waals surface area contributed by atoms with Crippen molar-refractivity contribution in [1.82, 2.24) is 20.1 Å². The van der Waals surface area contributed by atoms with Crippen molar-refractivity contribution in [1.29, 1.82) is 0 Å². The van der Waals surface area contributed by atoms with Crippen LogP contribution in [0, 0.1) is 5.82 Å². The van der Waals surface area contributed by atoms with E-state index in [4.69, 9.17) is 0 Å². The number of halogens is 4. The summed E-state index contributed by atoms with van der Waals surface area (Å²) in [5, 5.41) is 6.29. The van der Waals surface area contributed by atoms with Crippen molar-refractivity contribution < 1.29 is 35.2 Å². The SMILES string of the molecule is O=C(N1CCS(=O)(=O)CC1)N(Cc1ccc(-c2nnc(C(F)(F)F)o2)cc1F)c1ccc(-c2ccncc2)cc1. The Labute approximate surface area is 226 Å². The number of carbonyl (C=O) groups excluding carboxylic acids is 1. The van der Waals surface area contributed by atoms with E-state index in [0.29, 0.717) is 5.69 Å². The molecule has 14 heteroatoms. The van der Waals surface area contributed by atoms with Crippen molar-refractivity contribution in [2.45, 2.75) is 12.7 Å². The number of amides is 2. The molecule has 0 spiro atoms. The molecule has 2 amide bonds. The highest BCUT2D eigenvalue weighted by molar-refractivity contribution is 7.91. The van der Waals surface area contributed by atoms with Gasteiger partial charge in [0.1, 0.15) is 5.82 Å². The van der Waals surface area contributed by atoms with Crippen LogP contribution in [0.25, 0.3) is 22.6 Å². The van der Waals surface area contributed by atoms with Gasteiger partial charge in [0.15, 0.2) is 9.84 Å². The molecule has 0 aliphatic carbocycles. The fourth-order valence-electron chi connectivity index (χ4n) is 4.16. The number of nitrogens with zero attached hydrogens (tertiary/aromatic N) is 5. The third-order valence-electron chi connectivity index (χ3n) is 6.33. The van der Waals surface area contributed by atoms with E-state index in [0.717, 1.165) is 17.2 Å². The van der Waals surface area contributed by atoms with Crippen LogP contribution in [-0.4, -0.2) is 59.1 Å². The summed E-state index contributed by atoms with van der Waals surface area (Å²) in [6.07, 6.45) is -1.55. The van der Waals surface area contributed by atoms with Gasteiger partial charge in [0.25, 0.3) is 0 Å². The summed E-state index contributed by atoms with van der Waals surface area (Å²) in [6, 6.07) is 13.7. The second-order valence-corrected chi connectivity index (χ2v) is 11.3. The van der Waals surface area contributed by atoms with Crippen LogP contribution in [0.1, 0.15) is 11.5 Å². The Bertz CT molecular complexity index is 1610. The molecule has 0 saturated carbocycles. The first-order chi connectivity index (χ1) is 19.0. The lowest BCUT2D eigenvalue weighted by atomic mass is 10.1. The summed E-state index contributed by atoms with van der Waals surface area (Å²) in [4.78, 5) is 20.3. The first-order valence-electron chi connectivity index (χ1n) is 12.0. The maximum absolute atomic E-state index is 15.2. The summed E-state index contributed by atoms with van der Waals surface area (Å²) in [6.45, 7) is -0.250. The molecule has 0 N–H and O–H groups in total. The standard InChI is InChI=1S/C26H21F4N5O4S/c27-22-15-19(23-32-33-24(39-23)26(28,29)30)1-2-20(22)16-35(25(36)34-11-13-40(37,38)14-12-34)21-5-3-17(4-6-21)18-7-9-31-10-8-18/h1-10,15H,11-14,16H2. The maximum Gasteiger partial charge on any atom is 0.470 e. The van der Waals surface area contributed by atoms with E-state index in [-0.39, 0.29) is 42.3 Å². The number of anilines is 1. The molecule has 40 heavy (non-hydrogen) atoms. The largest absolute Gasteiger partial charge is 0.470 e. The lowest BCUT2D eigenvalue weighted by Crippen LogP contribution is -2.49. The Morgan fingerprint density at radius 3 is 2.15 bits per heavy atom. The van der Waals surface area contributed by atoms with E-state index in [1.54, 1.807) is 36.7 Å². The highest BCUT2D eigenvalue weighted by Gasteiger charge is 2.38. The molecule has 0 bridgehead atoms. The zero-order valence-corrected chi connectivity index (χ0v) is 21.5. The lowest BCUT2D eigenvalue weighted by molar-refractivity contribution is -0.156. The van der Waals surface area contributed by atoms with Gasteiger partial charge in [-0.1, -0.05) is 18.2 Å². The minimum absolute atomic E-state index is 0.00706. The molecule has 0 radical (unpaired) electrons. The predicted octanol–water partition coefficient (Wildman–Crippen LogP) is 4.81. The molecule has 3 heterocycles. The van der Waals surface area contributed by atoms with Crippen LogP contribution in [0.2, 0.25) is 0 Å². The van der Waals surface area contributed by atoms with Crippen molar-refractivity contribution in [3.63, 3.8) is 0 Å². The van der Waals surface area contributed by atoms with E-state index in [1.165, 1.54) is 21.9 Å². The van der Waals surface area contributed by atoms with Crippen LogP contribution in [-0.2, 0) is 22.6 Å². The van der Waals surface area contributed by atoms with E-state index in [1.807, 2.05) is 12.1 Å². The molecule has 208 valence electrons. The van der Waals surface area contributed by atoms with Crippen molar-refractivity contribution in [2.24, 2.45) is 0 Å². The quantitative estimate of drug-likeness (QED) is 0.314. The molecular weight excluding hydrogens is 554 g/mol. The summed E-state index contributed by atoms with van der Waals surface area (Å²) in [5.74, 6) is -3.23. The third kappa shape index (κ3) is 5.96. The molecule has 0 atom stereocenters. The molecule has 2 aromatic heterocycles. The van der Waals surface area contributed by atoms with Crippen LogP contribution in [0.4, 0.5) is 28.0 Å². The molecule has 4 aromatic rings. The Kier molecular flexibility index (Phi) is 7.27. The van der Waals surface area contributed by atoms with Gasteiger partial charge in [0.05, 0.1) is 18.1 Å². The lowest BCUT2D eigenvalue weighted by Gasteiger charge is -2.33. The first kappa shape index (κ1) is 27.2. The number of rotatable bonds is 5. The van der Waals surface area contributed by atoms with Crippen molar-refractivity contribution in [3.05, 3.63) is 84.3 Å². The van der Waals surface area contributed by atoms with E-state index in [9.17, 15) is 26.4 Å². The zero-order chi connectivity index (χ0) is 28.5. The summed E-state index contributed by atoms with van der Waals surface area (Å²) < 4.78 is 82.0. The van der Waals surface area contributed by atoms with Crippen molar-refractivity contribution in [3.8, 4) is 22.6 Å². The number of hydrogen-bond donors (Lipinski definition) is 0. The molecule has 1 saturated heterocycles. The molecular formula is C26H21F4N5O4S.